The van der Waals surface area contributed by atoms with Crippen LogP contribution < -0.4 is 9.62 Å². The number of anilines is 1. The van der Waals surface area contributed by atoms with Crippen LogP contribution in [0.4, 0.5) is 5.69 Å². The van der Waals surface area contributed by atoms with E-state index in [2.05, 4.69) is 16.9 Å². The fraction of sp³-hybridized carbons (Fsp3) is 0.286. The van der Waals surface area contributed by atoms with Crippen LogP contribution in [0.2, 0.25) is 0 Å². The summed E-state index contributed by atoms with van der Waals surface area (Å²) in [5.74, 6) is 0.104. The highest BCUT2D eigenvalue weighted by atomic mass is 32.2. The molecule has 0 bridgehead atoms. The number of hydrogen-bond donors (Lipinski definition) is 1. The third-order valence-corrected chi connectivity index (χ3v) is 6.10. The van der Waals surface area contributed by atoms with Crippen LogP contribution in [0, 0.1) is 6.92 Å². The van der Waals surface area contributed by atoms with Crippen LogP contribution in [0.1, 0.15) is 41.1 Å². The van der Waals surface area contributed by atoms with Gasteiger partial charge in [0.05, 0.1) is 11.5 Å². The highest BCUT2D eigenvalue weighted by Crippen LogP contribution is 2.49. The molecule has 2 aromatic rings. The Morgan fingerprint density at radius 3 is 2.37 bits per heavy atom. The number of likely N-dealkylation sites (N-methyl/N-ethyl adjacent to an activating group) is 1. The molecule has 1 aliphatic heterocycles. The average Bonchev–Trinajstić information content (AvgIpc) is 3.22. The van der Waals surface area contributed by atoms with Crippen LogP contribution in [0.3, 0.4) is 0 Å². The van der Waals surface area contributed by atoms with Gasteiger partial charge in [0.25, 0.3) is 0 Å². The van der Waals surface area contributed by atoms with Crippen molar-refractivity contribution in [2.75, 3.05) is 11.9 Å². The van der Waals surface area contributed by atoms with Crippen LogP contribution >= 0.6 is 0 Å². The average molecular weight is 381 g/mol. The number of benzene rings is 2. The number of carbonyl (C=O) groups is 1. The molecule has 1 heterocycles. The molecule has 5 nitrogen and oxygen atoms in total. The van der Waals surface area contributed by atoms with Gasteiger partial charge in [0, 0.05) is 24.0 Å². The van der Waals surface area contributed by atoms with E-state index in [0.29, 0.717) is 12.8 Å². The molecular formula is C21H21N2O3S-. The number of carbonyl (C=O) groups excluding carboxylic acids is 1. The second kappa shape index (κ2) is 6.71. The van der Waals surface area contributed by atoms with Gasteiger partial charge in [0.2, 0.25) is 5.91 Å². The first-order valence-electron chi connectivity index (χ1n) is 8.92. The molecule has 2 aliphatic rings. The molecule has 2 aromatic carbocycles. The van der Waals surface area contributed by atoms with Crippen molar-refractivity contribution in [1.29, 1.82) is 0 Å². The van der Waals surface area contributed by atoms with Crippen molar-refractivity contribution in [3.05, 3.63) is 76.9 Å². The minimum absolute atomic E-state index is 0.104. The summed E-state index contributed by atoms with van der Waals surface area (Å²) in [6, 6.07) is 13.1. The highest BCUT2D eigenvalue weighted by Gasteiger charge is 2.49. The van der Waals surface area contributed by atoms with E-state index in [9.17, 15) is 13.6 Å². The van der Waals surface area contributed by atoms with Gasteiger partial charge in [-0.1, -0.05) is 54.1 Å². The Morgan fingerprint density at radius 1 is 1.11 bits per heavy atom. The minimum atomic E-state index is -2.41. The van der Waals surface area contributed by atoms with Gasteiger partial charge in [-0.15, -0.1) is 0 Å². The summed E-state index contributed by atoms with van der Waals surface area (Å²) in [4.78, 5) is 14.6. The van der Waals surface area contributed by atoms with Gasteiger partial charge in [-0.25, -0.2) is 4.72 Å². The van der Waals surface area contributed by atoms with Crippen molar-refractivity contribution >= 4 is 22.9 Å². The molecule has 1 aliphatic carbocycles. The Balaban J connectivity index is 1.81. The summed E-state index contributed by atoms with van der Waals surface area (Å²) >= 11 is -2.41. The molecule has 27 heavy (non-hydrogen) atoms. The predicted octanol–water partition coefficient (Wildman–Crippen LogP) is 3.03. The first-order valence-corrected chi connectivity index (χ1v) is 9.99. The molecule has 4 rings (SSSR count). The Labute approximate surface area is 161 Å². The zero-order chi connectivity index (χ0) is 19.2. The SMILES string of the molecule is Cc1ccc(C(NS(=O)[O-])c2ccc3c(c2)C2(CC=CC2)C(=O)N3C)cc1. The van der Waals surface area contributed by atoms with E-state index in [0.717, 1.165) is 27.9 Å². The molecule has 140 valence electrons. The Kier molecular flexibility index (Phi) is 4.50. The number of rotatable bonds is 4. The number of allylic oxidation sites excluding steroid dienone is 2. The van der Waals surface area contributed by atoms with Crippen LogP contribution in [0.25, 0.3) is 0 Å². The van der Waals surface area contributed by atoms with E-state index in [-0.39, 0.29) is 5.91 Å². The summed E-state index contributed by atoms with van der Waals surface area (Å²) in [6.45, 7) is 1.99. The van der Waals surface area contributed by atoms with E-state index in [4.69, 9.17) is 0 Å². The number of nitrogens with zero attached hydrogens (tertiary/aromatic N) is 1. The molecule has 0 radical (unpaired) electrons. The normalized spacial score (nSPS) is 19.5. The maximum atomic E-state index is 12.9. The standard InChI is InChI=1S/C21H22N2O3S/c1-14-5-7-15(8-6-14)19(22-27(25)26)16-9-10-18-17(13-16)21(11-3-4-12-21)20(24)23(18)2/h3-10,13,19,22H,11-12H2,1-2H3,(H,25,26)/p-1. The maximum absolute atomic E-state index is 12.9. The lowest BCUT2D eigenvalue weighted by Gasteiger charge is -2.25. The lowest BCUT2D eigenvalue weighted by Crippen LogP contribution is -2.36. The number of hydrogen-bond acceptors (Lipinski definition) is 3. The zero-order valence-electron chi connectivity index (χ0n) is 15.3. The van der Waals surface area contributed by atoms with E-state index >= 15 is 0 Å². The van der Waals surface area contributed by atoms with Crippen LogP contribution in [-0.2, 0) is 21.5 Å². The van der Waals surface area contributed by atoms with E-state index in [1.165, 1.54) is 0 Å². The molecule has 6 heteroatoms. The molecular weight excluding hydrogens is 360 g/mol. The van der Waals surface area contributed by atoms with Gasteiger partial charge < -0.3 is 9.45 Å². The van der Waals surface area contributed by atoms with Gasteiger partial charge in [0.1, 0.15) is 0 Å². The fourth-order valence-electron chi connectivity index (χ4n) is 4.19. The lowest BCUT2D eigenvalue weighted by atomic mass is 9.78. The van der Waals surface area contributed by atoms with Gasteiger partial charge in [-0.3, -0.25) is 9.00 Å². The first kappa shape index (κ1) is 18.1. The zero-order valence-corrected chi connectivity index (χ0v) is 16.1. The summed E-state index contributed by atoms with van der Waals surface area (Å²) in [5, 5.41) is 0. The van der Waals surface area contributed by atoms with Crippen LogP contribution in [0.15, 0.2) is 54.6 Å². The van der Waals surface area contributed by atoms with Crippen LogP contribution in [0.5, 0.6) is 0 Å². The van der Waals surface area contributed by atoms with E-state index in [1.54, 1.807) is 11.9 Å². The van der Waals surface area contributed by atoms with Gasteiger partial charge >= 0.3 is 0 Å². The Morgan fingerprint density at radius 2 is 1.74 bits per heavy atom. The van der Waals surface area contributed by atoms with Crippen molar-refractivity contribution in [1.82, 2.24) is 4.72 Å². The van der Waals surface area contributed by atoms with Crippen molar-refractivity contribution in [2.24, 2.45) is 0 Å². The molecule has 2 unspecified atom stereocenters. The molecule has 2 atom stereocenters. The minimum Gasteiger partial charge on any atom is -0.760 e. The summed E-state index contributed by atoms with van der Waals surface area (Å²) in [5.41, 5.74) is 4.13. The number of nitrogens with one attached hydrogen (secondary N) is 1. The number of amides is 1. The van der Waals surface area contributed by atoms with Crippen LogP contribution in [-0.4, -0.2) is 21.7 Å². The van der Waals surface area contributed by atoms with Crippen molar-refractivity contribution < 1.29 is 13.6 Å². The monoisotopic (exact) mass is 381 g/mol. The largest absolute Gasteiger partial charge is 0.760 e. The summed E-state index contributed by atoms with van der Waals surface area (Å²) in [7, 11) is 1.80. The molecule has 0 aromatic heterocycles. The third kappa shape index (κ3) is 2.94. The van der Waals surface area contributed by atoms with Crippen molar-refractivity contribution in [2.45, 2.75) is 31.2 Å². The fourth-order valence-corrected chi connectivity index (χ4v) is 4.65. The molecule has 1 amide bonds. The van der Waals surface area contributed by atoms with Crippen molar-refractivity contribution in [3.63, 3.8) is 0 Å². The number of aryl methyl sites for hydroxylation is 1. The third-order valence-electron chi connectivity index (χ3n) is 5.67. The molecule has 0 saturated carbocycles. The van der Waals surface area contributed by atoms with Gasteiger partial charge in [0.15, 0.2) is 0 Å². The summed E-state index contributed by atoms with van der Waals surface area (Å²) in [6.07, 6.45) is 5.47. The molecule has 1 N–H and O–H groups in total. The Bertz CT molecular complexity index is 944. The molecule has 0 saturated heterocycles. The maximum Gasteiger partial charge on any atom is 0.238 e. The molecule has 0 fully saturated rings. The number of fused-ring (bicyclic) bond motifs is 2. The first-order chi connectivity index (χ1) is 12.9. The topological polar surface area (TPSA) is 72.5 Å². The van der Waals surface area contributed by atoms with Gasteiger partial charge in [-0.2, -0.15) is 0 Å². The predicted molar refractivity (Wildman–Crippen MR) is 105 cm³/mol. The van der Waals surface area contributed by atoms with E-state index < -0.39 is 22.7 Å². The highest BCUT2D eigenvalue weighted by molar-refractivity contribution is 7.77. The Hall–Kier alpha value is -2.28. The summed E-state index contributed by atoms with van der Waals surface area (Å²) < 4.78 is 25.5. The van der Waals surface area contributed by atoms with Gasteiger partial charge in [-0.05, 0) is 42.5 Å². The van der Waals surface area contributed by atoms with Crippen molar-refractivity contribution in [3.8, 4) is 0 Å². The molecule has 1 spiro atoms. The second-order valence-corrected chi connectivity index (χ2v) is 8.00. The van der Waals surface area contributed by atoms with E-state index in [1.807, 2.05) is 49.4 Å². The lowest BCUT2D eigenvalue weighted by molar-refractivity contribution is -0.122. The quantitative estimate of drug-likeness (QED) is 0.654. The smallest absolute Gasteiger partial charge is 0.238 e. The second-order valence-electron chi connectivity index (χ2n) is 7.30.